The Morgan fingerprint density at radius 3 is 1.69 bits per heavy atom. The highest BCUT2D eigenvalue weighted by atomic mass is 32.1. The lowest BCUT2D eigenvalue weighted by Crippen LogP contribution is -2.26. The molecule has 0 saturated heterocycles. The van der Waals surface area contributed by atoms with Gasteiger partial charge >= 0.3 is 0 Å². The van der Waals surface area contributed by atoms with Crippen LogP contribution < -0.4 is 18.6 Å². The van der Waals surface area contributed by atoms with Crippen LogP contribution in [-0.4, -0.2) is 30.7 Å². The van der Waals surface area contributed by atoms with Gasteiger partial charge in [0.05, 0.1) is 47.8 Å². The Bertz CT molecular complexity index is 1010. The highest BCUT2D eigenvalue weighted by molar-refractivity contribution is 6.99. The fraction of sp³-hybridized carbons (Fsp3) is 0.263. The quantitative estimate of drug-likeness (QED) is 0.316. The summed E-state index contributed by atoms with van der Waals surface area (Å²) in [6.07, 6.45) is 8.62. The molecule has 0 N–H and O–H groups in total. The van der Waals surface area contributed by atoms with E-state index < -0.39 is 0 Å². The van der Waals surface area contributed by atoms with Crippen molar-refractivity contribution in [2.45, 2.75) is 6.42 Å². The molecule has 0 aliphatic rings. The van der Waals surface area contributed by atoms with Crippen LogP contribution in [-0.2, 0) is 14.1 Å². The molecule has 0 spiro atoms. The molecular weight excluding hydrogens is 408 g/mol. The van der Waals surface area contributed by atoms with Gasteiger partial charge in [-0.3, -0.25) is 0 Å². The van der Waals surface area contributed by atoms with E-state index in [1.54, 1.807) is 0 Å². The number of aromatic nitrogens is 6. The average Bonchev–Trinajstić information content (AvgIpc) is 3.37. The summed E-state index contributed by atoms with van der Waals surface area (Å²) >= 11 is 2.29. The van der Waals surface area contributed by atoms with E-state index in [1.165, 1.54) is 0 Å². The van der Waals surface area contributed by atoms with Crippen molar-refractivity contribution in [1.82, 2.24) is 17.5 Å². The first kappa shape index (κ1) is 19.3. The first-order chi connectivity index (χ1) is 14.2. The third-order valence-corrected chi connectivity index (χ3v) is 5.13. The van der Waals surface area contributed by atoms with E-state index in [0.717, 1.165) is 46.0 Å². The van der Waals surface area contributed by atoms with Gasteiger partial charge in [-0.1, -0.05) is 0 Å². The fourth-order valence-electron chi connectivity index (χ4n) is 2.76. The summed E-state index contributed by atoms with van der Waals surface area (Å²) in [6.45, 7) is 0.954. The van der Waals surface area contributed by atoms with Crippen molar-refractivity contribution in [1.29, 1.82) is 0 Å². The van der Waals surface area contributed by atoms with Gasteiger partial charge in [-0.25, -0.2) is 9.13 Å². The molecule has 4 aromatic heterocycles. The van der Waals surface area contributed by atoms with Gasteiger partial charge in [0.2, 0.25) is 0 Å². The van der Waals surface area contributed by atoms with Gasteiger partial charge in [-0.2, -0.15) is 8.75 Å². The number of hydrogen-bond acceptors (Lipinski definition) is 8. The van der Waals surface area contributed by atoms with E-state index >= 15 is 0 Å². The minimum atomic E-state index is 0.477. The topological polar surface area (TPSA) is 77.8 Å². The lowest BCUT2D eigenvalue weighted by Gasteiger charge is -2.06. The third-order valence-electron chi connectivity index (χ3n) is 4.11. The predicted molar refractivity (Wildman–Crippen MR) is 109 cm³/mol. The Kier molecular flexibility index (Phi) is 6.01. The van der Waals surface area contributed by atoms with Crippen molar-refractivity contribution in [3.8, 4) is 34.3 Å². The molecule has 0 atom stereocenters. The van der Waals surface area contributed by atoms with Crippen LogP contribution in [0.15, 0.2) is 49.1 Å². The summed E-state index contributed by atoms with van der Waals surface area (Å²) < 4.78 is 32.9. The molecule has 10 heteroatoms. The highest BCUT2D eigenvalue weighted by Gasteiger charge is 2.16. The molecule has 148 valence electrons. The minimum Gasteiger partial charge on any atom is -0.475 e. The van der Waals surface area contributed by atoms with E-state index in [-0.39, 0.29) is 0 Å². The monoisotopic (exact) mass is 428 g/mol. The Labute approximate surface area is 176 Å². The summed E-state index contributed by atoms with van der Waals surface area (Å²) in [6, 6.07) is 7.93. The molecule has 0 aromatic carbocycles. The Morgan fingerprint density at radius 2 is 1.24 bits per heavy atom. The second kappa shape index (κ2) is 9.01. The SMILES string of the molecule is C[n+]1cccc(-c2nsnc2OCCCOc2nsnc2-c2ccc[n+](C)c2)c1. The lowest BCUT2D eigenvalue weighted by molar-refractivity contribution is -0.671. The van der Waals surface area contributed by atoms with Crippen LogP contribution >= 0.6 is 23.5 Å². The first-order valence-electron chi connectivity index (χ1n) is 9.03. The standard InChI is InChI=1S/C19H20N6O2S2/c1-24-8-3-6-14(12-24)16-18(22-28-20-16)26-10-5-11-27-19-17(21-29-23-19)15-7-4-9-25(2)13-15/h3-4,6-9,12-13H,5,10-11H2,1-2H3/q+2. The molecule has 0 amide bonds. The Morgan fingerprint density at radius 1 is 0.759 bits per heavy atom. The van der Waals surface area contributed by atoms with Crippen LogP contribution in [0, 0.1) is 0 Å². The number of ether oxygens (including phenoxy) is 2. The maximum atomic E-state index is 5.83. The van der Waals surface area contributed by atoms with Gasteiger partial charge in [0.1, 0.15) is 14.1 Å². The second-order valence-corrected chi connectivity index (χ2v) is 7.46. The summed E-state index contributed by atoms with van der Waals surface area (Å²) in [5, 5.41) is 0. The van der Waals surface area contributed by atoms with Crippen molar-refractivity contribution in [3.05, 3.63) is 49.1 Å². The molecule has 0 aliphatic carbocycles. The molecule has 4 heterocycles. The van der Waals surface area contributed by atoms with Gasteiger partial charge in [0.15, 0.2) is 36.2 Å². The smallest absolute Gasteiger partial charge is 0.254 e. The molecule has 29 heavy (non-hydrogen) atoms. The minimum absolute atomic E-state index is 0.477. The number of nitrogens with zero attached hydrogens (tertiary/aromatic N) is 6. The maximum Gasteiger partial charge on any atom is 0.254 e. The lowest BCUT2D eigenvalue weighted by atomic mass is 10.2. The molecule has 0 aliphatic heterocycles. The van der Waals surface area contributed by atoms with Crippen molar-refractivity contribution < 1.29 is 18.6 Å². The Balaban J connectivity index is 1.31. The zero-order chi connectivity index (χ0) is 20.1. The van der Waals surface area contributed by atoms with Crippen molar-refractivity contribution >= 4 is 23.5 Å². The van der Waals surface area contributed by atoms with Crippen LogP contribution in [0.3, 0.4) is 0 Å². The average molecular weight is 429 g/mol. The van der Waals surface area contributed by atoms with Crippen molar-refractivity contribution in [2.24, 2.45) is 14.1 Å². The third kappa shape index (κ3) is 4.72. The number of pyridine rings is 2. The largest absolute Gasteiger partial charge is 0.475 e. The molecule has 8 nitrogen and oxygen atoms in total. The first-order valence-corrected chi connectivity index (χ1v) is 10.5. The fourth-order valence-corrected chi connectivity index (χ4v) is 3.79. The summed E-state index contributed by atoms with van der Waals surface area (Å²) in [4.78, 5) is 0. The highest BCUT2D eigenvalue weighted by Crippen LogP contribution is 2.28. The summed E-state index contributed by atoms with van der Waals surface area (Å²) in [5.74, 6) is 1.10. The summed E-state index contributed by atoms with van der Waals surface area (Å²) in [7, 11) is 3.94. The molecule has 0 saturated carbocycles. The molecule has 0 bridgehead atoms. The molecule has 0 radical (unpaired) electrons. The number of hydrogen-bond donors (Lipinski definition) is 0. The van der Waals surface area contributed by atoms with Gasteiger partial charge in [-0.15, -0.1) is 8.75 Å². The number of rotatable bonds is 8. The van der Waals surface area contributed by atoms with Crippen LogP contribution in [0.2, 0.25) is 0 Å². The van der Waals surface area contributed by atoms with Crippen LogP contribution in [0.5, 0.6) is 11.8 Å². The molecule has 0 fully saturated rings. The van der Waals surface area contributed by atoms with Gasteiger partial charge in [-0.05, 0) is 12.1 Å². The normalized spacial score (nSPS) is 10.8. The van der Waals surface area contributed by atoms with Gasteiger partial charge < -0.3 is 9.47 Å². The van der Waals surface area contributed by atoms with E-state index in [2.05, 4.69) is 17.5 Å². The van der Waals surface area contributed by atoms with Gasteiger partial charge in [0.25, 0.3) is 11.8 Å². The van der Waals surface area contributed by atoms with Crippen molar-refractivity contribution in [2.75, 3.05) is 13.2 Å². The van der Waals surface area contributed by atoms with Crippen molar-refractivity contribution in [3.63, 3.8) is 0 Å². The van der Waals surface area contributed by atoms with Crippen LogP contribution in [0.4, 0.5) is 0 Å². The number of aryl methyl sites for hydroxylation is 2. The van der Waals surface area contributed by atoms with E-state index in [0.29, 0.717) is 31.4 Å². The van der Waals surface area contributed by atoms with E-state index in [1.807, 2.05) is 72.3 Å². The Hall–Kier alpha value is -2.98. The van der Waals surface area contributed by atoms with E-state index in [4.69, 9.17) is 9.47 Å². The molecule has 4 aromatic rings. The van der Waals surface area contributed by atoms with Crippen LogP contribution in [0.25, 0.3) is 22.5 Å². The van der Waals surface area contributed by atoms with Gasteiger partial charge in [0, 0.05) is 18.6 Å². The molecular formula is C19H20N6O2S2+2. The zero-order valence-corrected chi connectivity index (χ0v) is 17.7. The second-order valence-electron chi connectivity index (χ2n) is 6.40. The zero-order valence-electron chi connectivity index (χ0n) is 16.1. The summed E-state index contributed by atoms with van der Waals surface area (Å²) in [5.41, 5.74) is 3.47. The predicted octanol–water partition coefficient (Wildman–Crippen LogP) is 2.22. The maximum absolute atomic E-state index is 5.83. The van der Waals surface area contributed by atoms with E-state index in [9.17, 15) is 0 Å². The molecule has 4 rings (SSSR count). The molecule has 0 unspecified atom stereocenters. The van der Waals surface area contributed by atoms with Crippen LogP contribution in [0.1, 0.15) is 6.42 Å².